The highest BCUT2D eigenvalue weighted by atomic mass is 19.4. The molecule has 160 valence electrons. The molecular formula is C22H24F3N3O2. The molecule has 0 bridgehead atoms. The first-order valence-electron chi connectivity index (χ1n) is 10.0. The Labute approximate surface area is 172 Å². The Bertz CT molecular complexity index is 1040. The summed E-state index contributed by atoms with van der Waals surface area (Å²) in [5.41, 5.74) is 2.56. The number of alkyl halides is 3. The van der Waals surface area contributed by atoms with Gasteiger partial charge in [-0.1, -0.05) is 13.8 Å². The first-order valence-corrected chi connectivity index (χ1v) is 10.0. The van der Waals surface area contributed by atoms with E-state index in [0.29, 0.717) is 37.2 Å². The van der Waals surface area contributed by atoms with Crippen LogP contribution >= 0.6 is 0 Å². The molecule has 1 aromatic carbocycles. The molecule has 5 nitrogen and oxygen atoms in total. The summed E-state index contributed by atoms with van der Waals surface area (Å²) >= 11 is 0. The van der Waals surface area contributed by atoms with E-state index in [-0.39, 0.29) is 17.7 Å². The summed E-state index contributed by atoms with van der Waals surface area (Å²) in [7, 11) is 0. The Kier molecular flexibility index (Phi) is 5.26. The van der Waals surface area contributed by atoms with Crippen LogP contribution in [0.5, 0.6) is 5.75 Å². The number of ether oxygens (including phenoxy) is 1. The van der Waals surface area contributed by atoms with Gasteiger partial charge in [0.15, 0.2) is 0 Å². The van der Waals surface area contributed by atoms with Gasteiger partial charge in [0.2, 0.25) is 5.91 Å². The van der Waals surface area contributed by atoms with Crippen molar-refractivity contribution in [3.8, 4) is 5.75 Å². The lowest BCUT2D eigenvalue weighted by atomic mass is 9.99. The number of nitrogens with zero attached hydrogens (tertiary/aromatic N) is 2. The fourth-order valence-electron chi connectivity index (χ4n) is 4.14. The van der Waals surface area contributed by atoms with Crippen molar-refractivity contribution < 1.29 is 22.7 Å². The summed E-state index contributed by atoms with van der Waals surface area (Å²) in [5, 5.41) is 0.658. The Morgan fingerprint density at radius 2 is 1.97 bits per heavy atom. The van der Waals surface area contributed by atoms with Crippen LogP contribution < -0.4 is 4.74 Å². The Morgan fingerprint density at radius 1 is 1.23 bits per heavy atom. The molecule has 3 heterocycles. The van der Waals surface area contributed by atoms with E-state index in [9.17, 15) is 18.0 Å². The summed E-state index contributed by atoms with van der Waals surface area (Å²) < 4.78 is 43.9. The third kappa shape index (κ3) is 4.17. The zero-order chi connectivity index (χ0) is 21.5. The molecule has 1 N–H and O–H groups in total. The number of aromatic nitrogens is 2. The minimum Gasteiger partial charge on any atom is -0.406 e. The monoisotopic (exact) mass is 419 g/mol. The van der Waals surface area contributed by atoms with Crippen molar-refractivity contribution in [1.29, 1.82) is 0 Å². The first kappa shape index (κ1) is 20.4. The van der Waals surface area contributed by atoms with Crippen molar-refractivity contribution >= 4 is 16.8 Å². The molecule has 1 aliphatic heterocycles. The molecule has 4 rings (SSSR count). The number of hydrogen-bond acceptors (Lipinski definition) is 2. The second-order valence-electron chi connectivity index (χ2n) is 8.12. The lowest BCUT2D eigenvalue weighted by Crippen LogP contribution is -2.40. The molecule has 1 aliphatic rings. The second kappa shape index (κ2) is 7.74. The highest BCUT2D eigenvalue weighted by Gasteiger charge is 2.32. The van der Waals surface area contributed by atoms with Gasteiger partial charge >= 0.3 is 6.36 Å². The van der Waals surface area contributed by atoms with Gasteiger partial charge in [0.1, 0.15) is 11.8 Å². The third-order valence-corrected chi connectivity index (χ3v) is 5.46. The largest absolute Gasteiger partial charge is 0.573 e. The normalized spacial score (nSPS) is 15.5. The van der Waals surface area contributed by atoms with Crippen molar-refractivity contribution in [3.05, 3.63) is 54.0 Å². The van der Waals surface area contributed by atoms with E-state index in [1.54, 1.807) is 11.0 Å². The number of fused-ring (bicyclic) bond motifs is 3. The predicted octanol–water partition coefficient (Wildman–Crippen LogP) is 5.04. The van der Waals surface area contributed by atoms with Crippen LogP contribution in [0.15, 0.2) is 42.7 Å². The first-order chi connectivity index (χ1) is 14.2. The summed E-state index contributed by atoms with van der Waals surface area (Å²) in [4.78, 5) is 18.5. The van der Waals surface area contributed by atoms with E-state index in [0.717, 1.165) is 16.8 Å². The van der Waals surface area contributed by atoms with Gasteiger partial charge in [0.25, 0.3) is 0 Å². The molecule has 0 fully saturated rings. The molecule has 2 aromatic heterocycles. The lowest BCUT2D eigenvalue weighted by Gasteiger charge is -2.32. The van der Waals surface area contributed by atoms with Crippen LogP contribution in [0.25, 0.3) is 10.9 Å². The number of rotatable bonds is 5. The lowest BCUT2D eigenvalue weighted by molar-refractivity contribution is -0.274. The van der Waals surface area contributed by atoms with Crippen molar-refractivity contribution in [2.75, 3.05) is 6.54 Å². The maximum Gasteiger partial charge on any atom is 0.573 e. The Balaban J connectivity index is 1.62. The van der Waals surface area contributed by atoms with Crippen LogP contribution in [-0.4, -0.2) is 33.3 Å². The zero-order valence-corrected chi connectivity index (χ0v) is 16.9. The van der Waals surface area contributed by atoms with Gasteiger partial charge in [-0.05, 0) is 42.7 Å². The maximum absolute atomic E-state index is 13.4. The van der Waals surface area contributed by atoms with Gasteiger partial charge in [-0.25, -0.2) is 0 Å². The van der Waals surface area contributed by atoms with Crippen LogP contribution in [0.2, 0.25) is 0 Å². The third-order valence-electron chi connectivity index (χ3n) is 5.46. The van der Waals surface area contributed by atoms with Crippen LogP contribution in [0, 0.1) is 5.92 Å². The van der Waals surface area contributed by atoms with Gasteiger partial charge in [0, 0.05) is 54.1 Å². The number of carbonyl (C=O) groups excluding carboxylic acids is 1. The topological polar surface area (TPSA) is 50.3 Å². The van der Waals surface area contributed by atoms with Crippen LogP contribution in [0.3, 0.4) is 0 Å². The van der Waals surface area contributed by atoms with Gasteiger partial charge in [-0.2, -0.15) is 0 Å². The van der Waals surface area contributed by atoms with Gasteiger partial charge in [-0.15, -0.1) is 13.2 Å². The minimum atomic E-state index is -4.74. The van der Waals surface area contributed by atoms with Crippen molar-refractivity contribution in [3.63, 3.8) is 0 Å². The molecule has 0 saturated carbocycles. The van der Waals surface area contributed by atoms with E-state index in [1.807, 2.05) is 29.1 Å². The smallest absolute Gasteiger partial charge is 0.406 e. The highest BCUT2D eigenvalue weighted by Crippen LogP contribution is 2.33. The summed E-state index contributed by atoms with van der Waals surface area (Å²) in [6.07, 6.45) is 0.395. The van der Waals surface area contributed by atoms with Gasteiger partial charge in [-0.3, -0.25) is 4.79 Å². The quantitative estimate of drug-likeness (QED) is 0.630. The fraction of sp³-hybridized carbons (Fsp3) is 0.409. The Hall–Kier alpha value is -2.90. The van der Waals surface area contributed by atoms with Crippen LogP contribution in [0.4, 0.5) is 13.2 Å². The number of benzene rings is 1. The molecule has 0 saturated heterocycles. The SMILES string of the molecule is CC(C)C[C@H](C(=O)N1CCc2[nH]c3ccc(OC(F)(F)F)cc3c2C1)n1cccc1. The number of amides is 1. The number of aromatic amines is 1. The molecule has 0 aliphatic carbocycles. The molecule has 1 amide bonds. The van der Waals surface area contributed by atoms with Gasteiger partial charge in [0.05, 0.1) is 0 Å². The van der Waals surface area contributed by atoms with Crippen LogP contribution in [0.1, 0.15) is 37.6 Å². The molecule has 8 heteroatoms. The van der Waals surface area contributed by atoms with E-state index in [4.69, 9.17) is 0 Å². The maximum atomic E-state index is 13.4. The average molecular weight is 419 g/mol. The summed E-state index contributed by atoms with van der Waals surface area (Å²) in [6, 6.07) is 7.78. The highest BCUT2D eigenvalue weighted by molar-refractivity contribution is 5.88. The van der Waals surface area contributed by atoms with Crippen LogP contribution in [-0.2, 0) is 17.8 Å². The van der Waals surface area contributed by atoms with E-state index in [2.05, 4.69) is 23.6 Å². The van der Waals surface area contributed by atoms with E-state index < -0.39 is 6.36 Å². The number of H-pyrrole nitrogens is 1. The molecule has 0 unspecified atom stereocenters. The second-order valence-corrected chi connectivity index (χ2v) is 8.12. The van der Waals surface area contributed by atoms with Crippen molar-refractivity contribution in [2.24, 2.45) is 5.92 Å². The molecule has 30 heavy (non-hydrogen) atoms. The zero-order valence-electron chi connectivity index (χ0n) is 16.9. The van der Waals surface area contributed by atoms with Crippen molar-refractivity contribution in [1.82, 2.24) is 14.5 Å². The standard InChI is InChI=1S/C22H24F3N3O2/c1-14(2)11-20(27-8-3-4-9-27)21(29)28-10-7-19-17(13-28)16-12-15(30-22(23,24)25)5-6-18(16)26-19/h3-6,8-9,12,14,20,26H,7,10-11,13H2,1-2H3/t20-/m1/s1. The molecule has 1 atom stereocenters. The van der Waals surface area contributed by atoms with E-state index >= 15 is 0 Å². The molecule has 0 radical (unpaired) electrons. The molecular weight excluding hydrogens is 395 g/mol. The van der Waals surface area contributed by atoms with Crippen molar-refractivity contribution in [2.45, 2.75) is 45.6 Å². The summed E-state index contributed by atoms with van der Waals surface area (Å²) in [5.74, 6) is 0.115. The van der Waals surface area contributed by atoms with E-state index in [1.165, 1.54) is 12.1 Å². The predicted molar refractivity (Wildman–Crippen MR) is 107 cm³/mol. The number of carbonyl (C=O) groups is 1. The molecule has 0 spiro atoms. The molecule has 3 aromatic rings. The number of nitrogens with one attached hydrogen (secondary N) is 1. The fourth-order valence-corrected chi connectivity index (χ4v) is 4.14. The average Bonchev–Trinajstić information content (AvgIpc) is 3.31. The summed E-state index contributed by atoms with van der Waals surface area (Å²) in [6.45, 7) is 5.10. The number of hydrogen-bond donors (Lipinski definition) is 1. The minimum absolute atomic E-state index is 0.0302. The Morgan fingerprint density at radius 3 is 2.63 bits per heavy atom. The number of halogens is 3. The van der Waals surface area contributed by atoms with Gasteiger partial charge < -0.3 is 19.2 Å².